The number of aromatic nitrogens is 4. The molecule has 6 heteroatoms. The zero-order valence-electron chi connectivity index (χ0n) is 35.4. The van der Waals surface area contributed by atoms with Crippen LogP contribution in [0.2, 0.25) is 0 Å². The Bertz CT molecular complexity index is 3660. The topological polar surface area (TPSA) is 69.9 Å². The molecule has 51 heavy (non-hydrogen) atoms. The van der Waals surface area contributed by atoms with Crippen LogP contribution in [0.1, 0.15) is 12.3 Å². The van der Waals surface area contributed by atoms with Crippen molar-refractivity contribution in [3.05, 3.63) is 158 Å². The third kappa shape index (κ3) is 4.20. The van der Waals surface area contributed by atoms with Crippen molar-refractivity contribution in [2.45, 2.75) is 0 Å². The molecule has 4 heterocycles. The maximum atomic E-state index is 9.29. The zero-order chi connectivity index (χ0) is 41.3. The summed E-state index contributed by atoms with van der Waals surface area (Å²) in [7, 11) is 0. The fraction of sp³-hybridized carbons (Fsp3) is 0. The Kier molecular flexibility index (Phi) is 4.30. The summed E-state index contributed by atoms with van der Waals surface area (Å²) in [6.45, 7) is 0. The Balaban J connectivity index is 1.31. The van der Waals surface area contributed by atoms with Crippen LogP contribution < -0.4 is 0 Å². The second-order valence-corrected chi connectivity index (χ2v) is 12.1. The first-order valence-electron chi connectivity index (χ1n) is 20.7. The molecular weight excluding hydrogens is 629 g/mol. The molecule has 11 aromatic rings. The highest BCUT2D eigenvalue weighted by Crippen LogP contribution is 2.40. The van der Waals surface area contributed by atoms with Crippen molar-refractivity contribution in [1.29, 1.82) is 0 Å². The Morgan fingerprint density at radius 1 is 0.471 bits per heavy atom. The van der Waals surface area contributed by atoms with Crippen LogP contribution in [0.3, 0.4) is 0 Å². The second kappa shape index (κ2) is 10.7. The van der Waals surface area contributed by atoms with Gasteiger partial charge in [0.25, 0.3) is 0 Å². The summed E-state index contributed by atoms with van der Waals surface area (Å²) in [6, 6.07) is 27.2. The van der Waals surface area contributed by atoms with Crippen LogP contribution in [0, 0.1) is 0 Å². The van der Waals surface area contributed by atoms with Crippen molar-refractivity contribution in [3.8, 4) is 39.9 Å². The van der Waals surface area contributed by atoms with Crippen molar-refractivity contribution >= 4 is 65.7 Å². The minimum atomic E-state index is -0.560. The Labute approximate surface area is 303 Å². The summed E-state index contributed by atoms with van der Waals surface area (Å²) in [5.74, 6) is 0.376. The van der Waals surface area contributed by atoms with E-state index in [9.17, 15) is 1.37 Å². The van der Waals surface area contributed by atoms with Crippen LogP contribution >= 0.6 is 0 Å². The quantitative estimate of drug-likeness (QED) is 0.187. The maximum absolute atomic E-state index is 9.29. The summed E-state index contributed by atoms with van der Waals surface area (Å²) in [5.41, 5.74) is 4.00. The molecule has 4 aromatic heterocycles. The van der Waals surface area contributed by atoms with E-state index in [4.69, 9.17) is 34.8 Å². The molecule has 0 amide bonds. The van der Waals surface area contributed by atoms with E-state index in [0.717, 1.165) is 21.5 Å². The summed E-state index contributed by atoms with van der Waals surface area (Å²) < 4.78 is 93.1. The lowest BCUT2D eigenvalue weighted by molar-refractivity contribution is 0.668. The van der Waals surface area contributed by atoms with E-state index in [1.165, 1.54) is 4.57 Å². The van der Waals surface area contributed by atoms with Gasteiger partial charge in [-0.1, -0.05) is 121 Å². The average Bonchev–Trinajstić information content (AvgIpc) is 3.96. The highest BCUT2D eigenvalue weighted by atomic mass is 16.3. The predicted molar refractivity (Wildman–Crippen MR) is 205 cm³/mol. The SMILES string of the molecule is [2H]c1c([2H])c([2H])c(-c2cccc3c4c([2H])c([2H])c([2H])c([2H])c4n(-c4nc(-c5ccc6c(c5)oc5ccccc56)nc(-c5cccc6oc7ccccc7c56)n4)c23)c([2H])c1[2H]. The summed E-state index contributed by atoms with van der Waals surface area (Å²) in [6.07, 6.45) is 0. The molecule has 7 aromatic carbocycles. The Hall–Kier alpha value is -7.05. The third-order valence-corrected chi connectivity index (χ3v) is 9.29. The van der Waals surface area contributed by atoms with Gasteiger partial charge in [0.15, 0.2) is 11.6 Å². The highest BCUT2D eigenvalue weighted by Gasteiger charge is 2.22. The number of hydrogen-bond acceptors (Lipinski definition) is 5. The third-order valence-electron chi connectivity index (χ3n) is 9.29. The minimum absolute atomic E-state index is 0.0265. The van der Waals surface area contributed by atoms with Crippen LogP contribution in [0.25, 0.3) is 106 Å². The smallest absolute Gasteiger partial charge is 0.238 e. The van der Waals surface area contributed by atoms with E-state index in [2.05, 4.69) is 0 Å². The predicted octanol–water partition coefficient (Wildman–Crippen LogP) is 11.8. The number of fused-ring (bicyclic) bond motifs is 9. The molecule has 0 atom stereocenters. The molecule has 0 saturated carbocycles. The summed E-state index contributed by atoms with van der Waals surface area (Å²) in [4.78, 5) is 15.2. The highest BCUT2D eigenvalue weighted by molar-refractivity contribution is 6.14. The van der Waals surface area contributed by atoms with Crippen molar-refractivity contribution in [2.24, 2.45) is 0 Å². The fourth-order valence-corrected chi connectivity index (χ4v) is 7.09. The van der Waals surface area contributed by atoms with Crippen LogP contribution in [0.4, 0.5) is 0 Å². The van der Waals surface area contributed by atoms with Crippen LogP contribution in [0.15, 0.2) is 166 Å². The first kappa shape index (κ1) is 20.5. The van der Waals surface area contributed by atoms with E-state index in [1.54, 1.807) is 18.2 Å². The van der Waals surface area contributed by atoms with Gasteiger partial charge in [0.05, 0.1) is 23.4 Å². The van der Waals surface area contributed by atoms with Gasteiger partial charge >= 0.3 is 0 Å². The van der Waals surface area contributed by atoms with Crippen LogP contribution in [-0.2, 0) is 0 Å². The number of para-hydroxylation sites is 4. The lowest BCUT2D eigenvalue weighted by atomic mass is 10.0. The molecule has 238 valence electrons. The van der Waals surface area contributed by atoms with Gasteiger partial charge in [0, 0.05) is 49.0 Å². The zero-order valence-corrected chi connectivity index (χ0v) is 26.4. The van der Waals surface area contributed by atoms with Crippen molar-refractivity contribution in [3.63, 3.8) is 0 Å². The molecule has 0 unspecified atom stereocenters. The maximum Gasteiger partial charge on any atom is 0.238 e. The molecule has 6 nitrogen and oxygen atoms in total. The average molecular weight is 664 g/mol. The molecule has 11 rings (SSSR count). The largest absolute Gasteiger partial charge is 0.456 e. The Morgan fingerprint density at radius 3 is 2.04 bits per heavy atom. The molecule has 0 aliphatic heterocycles. The molecule has 0 fully saturated rings. The lowest BCUT2D eigenvalue weighted by Crippen LogP contribution is -2.07. The van der Waals surface area contributed by atoms with Gasteiger partial charge in [-0.25, -0.2) is 4.98 Å². The fourth-order valence-electron chi connectivity index (χ4n) is 7.09. The van der Waals surface area contributed by atoms with Gasteiger partial charge in [0.1, 0.15) is 22.3 Å². The lowest BCUT2D eigenvalue weighted by Gasteiger charge is -2.13. The molecule has 0 aliphatic rings. The Morgan fingerprint density at radius 2 is 1.14 bits per heavy atom. The van der Waals surface area contributed by atoms with Gasteiger partial charge in [0.2, 0.25) is 5.95 Å². The molecular formula is C45H26N4O2. The number of furan rings is 2. The van der Waals surface area contributed by atoms with E-state index < -0.39 is 42.3 Å². The standard InChI is InChI=1S/C45H26N4O2/c1-2-12-27(13-3-1)29-17-10-18-33-30-14-4-7-20-36(30)49(42(29)33)45-47-43(28-24-25-32-31-15-5-8-21-37(31)51-40(32)26-28)46-44(48-45)35-19-11-23-39-41(35)34-16-6-9-22-38(34)50-39/h1-26H/i1D,2D,3D,4D,7D,12D,13D,14D,20D. The monoisotopic (exact) mass is 663 g/mol. The molecule has 0 N–H and O–H groups in total. The van der Waals surface area contributed by atoms with Gasteiger partial charge in [-0.15, -0.1) is 0 Å². The molecule has 0 bridgehead atoms. The van der Waals surface area contributed by atoms with E-state index in [1.807, 2.05) is 84.9 Å². The molecule has 0 aliphatic carbocycles. The van der Waals surface area contributed by atoms with Crippen molar-refractivity contribution in [2.75, 3.05) is 0 Å². The van der Waals surface area contributed by atoms with Gasteiger partial charge in [-0.2, -0.15) is 9.97 Å². The second-order valence-electron chi connectivity index (χ2n) is 12.1. The van der Waals surface area contributed by atoms with E-state index >= 15 is 0 Å². The first-order valence-corrected chi connectivity index (χ1v) is 16.2. The number of benzene rings is 7. The molecule has 0 saturated heterocycles. The van der Waals surface area contributed by atoms with Crippen molar-refractivity contribution < 1.29 is 21.2 Å². The van der Waals surface area contributed by atoms with Crippen LogP contribution in [0.5, 0.6) is 0 Å². The van der Waals surface area contributed by atoms with Crippen molar-refractivity contribution in [1.82, 2.24) is 19.5 Å². The number of rotatable bonds is 4. The number of hydrogen-bond donors (Lipinski definition) is 0. The van der Waals surface area contributed by atoms with Gasteiger partial charge in [-0.05, 0) is 41.9 Å². The van der Waals surface area contributed by atoms with E-state index in [-0.39, 0.29) is 57.2 Å². The van der Waals surface area contributed by atoms with Gasteiger partial charge in [-0.3, -0.25) is 4.57 Å². The first-order chi connectivity index (χ1) is 29.0. The molecule has 0 radical (unpaired) electrons. The summed E-state index contributed by atoms with van der Waals surface area (Å²) >= 11 is 0. The van der Waals surface area contributed by atoms with Gasteiger partial charge < -0.3 is 8.83 Å². The van der Waals surface area contributed by atoms with Crippen LogP contribution in [-0.4, -0.2) is 19.5 Å². The molecule has 0 spiro atoms. The number of nitrogens with zero attached hydrogens (tertiary/aromatic N) is 4. The minimum Gasteiger partial charge on any atom is -0.456 e. The van der Waals surface area contributed by atoms with E-state index in [0.29, 0.717) is 38.8 Å². The normalized spacial score (nSPS) is 14.4. The summed E-state index contributed by atoms with van der Waals surface area (Å²) in [5, 5.41) is 3.86.